The van der Waals surface area contributed by atoms with Crippen LogP contribution in [0, 0.1) is 22.7 Å². The summed E-state index contributed by atoms with van der Waals surface area (Å²) in [5.74, 6) is 1.14. The SMILES string of the molecule is C=C1/C(=C\C=C2/CCC[C@]3(C)[C@@H](C(C)(C)CC[C@@H](O)C(C)(C)O)CC[C@@H]23)C[C@@H](O)C[C@@H]1O. The Morgan fingerprint density at radius 2 is 1.84 bits per heavy atom. The van der Waals surface area contributed by atoms with Crippen molar-refractivity contribution in [2.45, 2.75) is 116 Å². The summed E-state index contributed by atoms with van der Waals surface area (Å²) in [4.78, 5) is 0. The average Bonchev–Trinajstić information content (AvgIpc) is 3.05. The van der Waals surface area contributed by atoms with E-state index >= 15 is 0 Å². The summed E-state index contributed by atoms with van der Waals surface area (Å²) in [7, 11) is 0. The lowest BCUT2D eigenvalue weighted by atomic mass is 9.56. The van der Waals surface area contributed by atoms with Crippen LogP contribution in [0.4, 0.5) is 0 Å². The molecule has 0 aromatic heterocycles. The van der Waals surface area contributed by atoms with Crippen molar-refractivity contribution in [3.8, 4) is 0 Å². The Morgan fingerprint density at radius 1 is 1.16 bits per heavy atom. The average molecular weight is 447 g/mol. The van der Waals surface area contributed by atoms with Crippen molar-refractivity contribution in [2.24, 2.45) is 22.7 Å². The van der Waals surface area contributed by atoms with Gasteiger partial charge in [0, 0.05) is 6.42 Å². The van der Waals surface area contributed by atoms with E-state index in [1.54, 1.807) is 13.8 Å². The van der Waals surface area contributed by atoms with E-state index in [4.69, 9.17) is 0 Å². The molecule has 0 spiro atoms. The van der Waals surface area contributed by atoms with E-state index in [-0.39, 0.29) is 10.8 Å². The first-order valence-corrected chi connectivity index (χ1v) is 12.6. The minimum absolute atomic E-state index is 0.0997. The van der Waals surface area contributed by atoms with Crippen LogP contribution in [0.25, 0.3) is 0 Å². The van der Waals surface area contributed by atoms with Gasteiger partial charge in [-0.3, -0.25) is 0 Å². The minimum Gasteiger partial charge on any atom is -0.393 e. The third-order valence-corrected chi connectivity index (χ3v) is 9.05. The Labute approximate surface area is 195 Å². The van der Waals surface area contributed by atoms with Gasteiger partial charge in [0.15, 0.2) is 0 Å². The molecule has 3 rings (SSSR count). The molecule has 4 N–H and O–H groups in total. The molecular weight excluding hydrogens is 400 g/mol. The molecule has 0 heterocycles. The second kappa shape index (κ2) is 9.37. The molecule has 4 heteroatoms. The van der Waals surface area contributed by atoms with Crippen molar-refractivity contribution in [3.05, 3.63) is 35.5 Å². The summed E-state index contributed by atoms with van der Waals surface area (Å²) in [6.07, 6.45) is 10.9. The van der Waals surface area contributed by atoms with E-state index in [0.717, 1.165) is 24.0 Å². The van der Waals surface area contributed by atoms with E-state index in [2.05, 4.69) is 39.5 Å². The van der Waals surface area contributed by atoms with Gasteiger partial charge in [-0.1, -0.05) is 45.1 Å². The monoisotopic (exact) mass is 446 g/mol. The number of hydrogen-bond donors (Lipinski definition) is 4. The Morgan fingerprint density at radius 3 is 2.50 bits per heavy atom. The van der Waals surface area contributed by atoms with Crippen LogP contribution >= 0.6 is 0 Å². The Balaban J connectivity index is 1.76. The Bertz CT molecular complexity index is 756. The summed E-state index contributed by atoms with van der Waals surface area (Å²) >= 11 is 0. The number of aliphatic hydroxyl groups excluding tert-OH is 3. The Kier molecular flexibility index (Phi) is 7.52. The minimum atomic E-state index is -1.06. The molecule has 0 aromatic rings. The maximum atomic E-state index is 10.4. The lowest BCUT2D eigenvalue weighted by molar-refractivity contribution is -0.0609. The van der Waals surface area contributed by atoms with Gasteiger partial charge in [-0.2, -0.15) is 0 Å². The molecule has 4 nitrogen and oxygen atoms in total. The molecule has 0 amide bonds. The van der Waals surface area contributed by atoms with E-state index in [1.165, 1.54) is 31.3 Å². The number of allylic oxidation sites excluding steroid dienone is 3. The molecule has 3 saturated carbocycles. The maximum absolute atomic E-state index is 10.4. The van der Waals surface area contributed by atoms with Gasteiger partial charge >= 0.3 is 0 Å². The molecular formula is C28H46O4. The molecule has 0 aliphatic heterocycles. The summed E-state index contributed by atoms with van der Waals surface area (Å²) < 4.78 is 0. The molecule has 3 fully saturated rings. The molecule has 3 aliphatic rings. The lowest BCUT2D eigenvalue weighted by Gasteiger charge is -2.48. The highest BCUT2D eigenvalue weighted by atomic mass is 16.3. The summed E-state index contributed by atoms with van der Waals surface area (Å²) in [6, 6.07) is 0. The predicted molar refractivity (Wildman–Crippen MR) is 130 cm³/mol. The fourth-order valence-corrected chi connectivity index (χ4v) is 7.02. The van der Waals surface area contributed by atoms with Crippen LogP contribution in [0.2, 0.25) is 0 Å². The van der Waals surface area contributed by atoms with Crippen molar-refractivity contribution in [1.29, 1.82) is 0 Å². The van der Waals surface area contributed by atoms with Gasteiger partial charge in [0.05, 0.1) is 23.9 Å². The highest BCUT2D eigenvalue weighted by molar-refractivity contribution is 5.38. The first-order chi connectivity index (χ1) is 14.8. The van der Waals surface area contributed by atoms with Crippen LogP contribution in [0.1, 0.15) is 92.4 Å². The van der Waals surface area contributed by atoms with E-state index in [0.29, 0.717) is 31.1 Å². The van der Waals surface area contributed by atoms with Crippen LogP contribution in [0.15, 0.2) is 35.5 Å². The molecule has 182 valence electrons. The van der Waals surface area contributed by atoms with Crippen LogP contribution in [-0.2, 0) is 0 Å². The van der Waals surface area contributed by atoms with E-state index < -0.39 is 23.9 Å². The molecule has 6 atom stereocenters. The molecule has 3 aliphatic carbocycles. The number of hydrogen-bond acceptors (Lipinski definition) is 4. The van der Waals surface area contributed by atoms with Gasteiger partial charge < -0.3 is 20.4 Å². The normalized spacial score (nSPS) is 37.7. The molecule has 0 bridgehead atoms. The van der Waals surface area contributed by atoms with Gasteiger partial charge in [-0.25, -0.2) is 0 Å². The second-order valence-corrected chi connectivity index (χ2v) is 12.3. The quantitative estimate of drug-likeness (QED) is 0.459. The highest BCUT2D eigenvalue weighted by Crippen LogP contribution is 2.62. The second-order valence-electron chi connectivity index (χ2n) is 12.3. The number of aliphatic hydroxyl groups is 4. The van der Waals surface area contributed by atoms with Gasteiger partial charge in [0.25, 0.3) is 0 Å². The maximum Gasteiger partial charge on any atom is 0.0849 e. The van der Waals surface area contributed by atoms with Crippen molar-refractivity contribution in [3.63, 3.8) is 0 Å². The molecule has 32 heavy (non-hydrogen) atoms. The zero-order valence-electron chi connectivity index (χ0n) is 20.9. The van der Waals surface area contributed by atoms with Gasteiger partial charge in [-0.05, 0) is 99.0 Å². The first-order valence-electron chi connectivity index (χ1n) is 12.6. The first kappa shape index (κ1) is 25.7. The summed E-state index contributed by atoms with van der Waals surface area (Å²) in [5, 5.41) is 40.7. The number of rotatable bonds is 6. The summed E-state index contributed by atoms with van der Waals surface area (Å²) in [6.45, 7) is 14.6. The van der Waals surface area contributed by atoms with Crippen LogP contribution in [0.5, 0.6) is 0 Å². The largest absolute Gasteiger partial charge is 0.393 e. The fourth-order valence-electron chi connectivity index (χ4n) is 7.02. The van der Waals surface area contributed by atoms with Crippen LogP contribution in [-0.4, -0.2) is 44.3 Å². The van der Waals surface area contributed by atoms with E-state index in [1.807, 2.05) is 0 Å². The van der Waals surface area contributed by atoms with Crippen molar-refractivity contribution in [1.82, 2.24) is 0 Å². The van der Waals surface area contributed by atoms with E-state index in [9.17, 15) is 20.4 Å². The predicted octanol–water partition coefficient (Wildman–Crippen LogP) is 5.07. The third kappa shape index (κ3) is 5.24. The summed E-state index contributed by atoms with van der Waals surface area (Å²) in [5.41, 5.74) is 2.52. The Hall–Kier alpha value is -0.940. The molecule has 0 aromatic carbocycles. The van der Waals surface area contributed by atoms with Crippen LogP contribution in [0.3, 0.4) is 0 Å². The van der Waals surface area contributed by atoms with Gasteiger partial charge in [0.2, 0.25) is 0 Å². The zero-order valence-corrected chi connectivity index (χ0v) is 20.9. The van der Waals surface area contributed by atoms with Gasteiger partial charge in [0.1, 0.15) is 0 Å². The standard InChI is InChI=1S/C28H46O4/c1-18-20(16-21(29)17-23(18)30)10-9-19-8-7-14-28(6)22(19)11-12-24(28)26(2,3)15-13-25(31)27(4,5)32/h9-10,21-25,29-32H,1,7-8,11-17H2,2-6H3/b19-9+,20-10-/t21-,22+,23+,24-,25-,28+/m1/s1. The zero-order chi connectivity index (χ0) is 23.9. The molecule has 0 radical (unpaired) electrons. The highest BCUT2D eigenvalue weighted by Gasteiger charge is 2.53. The van der Waals surface area contributed by atoms with Crippen LogP contribution < -0.4 is 0 Å². The topological polar surface area (TPSA) is 80.9 Å². The van der Waals surface area contributed by atoms with Gasteiger partial charge in [-0.15, -0.1) is 0 Å². The van der Waals surface area contributed by atoms with Crippen molar-refractivity contribution >= 4 is 0 Å². The van der Waals surface area contributed by atoms with Crippen molar-refractivity contribution < 1.29 is 20.4 Å². The number of fused-ring (bicyclic) bond motifs is 1. The third-order valence-electron chi connectivity index (χ3n) is 9.05. The molecule has 0 saturated heterocycles. The molecule has 0 unspecified atom stereocenters. The van der Waals surface area contributed by atoms with Crippen molar-refractivity contribution in [2.75, 3.05) is 0 Å². The fraction of sp³-hybridized carbons (Fsp3) is 0.786. The lowest BCUT2D eigenvalue weighted by Crippen LogP contribution is -2.42. The smallest absolute Gasteiger partial charge is 0.0849 e.